The van der Waals surface area contributed by atoms with Crippen molar-refractivity contribution in [2.75, 3.05) is 18.0 Å². The molecule has 0 aliphatic carbocycles. The number of carbonyl (C=O) groups is 2. The largest absolute Gasteiger partial charge is 0.391 e. The summed E-state index contributed by atoms with van der Waals surface area (Å²) in [5.74, 6) is 5.63. The Hall–Kier alpha value is -3.41. The number of anilines is 1. The number of aliphatic hydroxyl groups excluding tert-OH is 1. The Morgan fingerprint density at radius 2 is 1.68 bits per heavy atom. The molecule has 0 bridgehead atoms. The number of nitrogens with zero attached hydrogens (tertiary/aromatic N) is 2. The van der Waals surface area contributed by atoms with Crippen molar-refractivity contribution in [1.29, 1.82) is 0 Å². The summed E-state index contributed by atoms with van der Waals surface area (Å²) in [6.07, 6.45) is 4.27. The van der Waals surface area contributed by atoms with Gasteiger partial charge in [0, 0.05) is 36.0 Å². The molecule has 2 aromatic rings. The molecule has 1 aromatic heterocycles. The standard InChI is InChI=1S/C23H26N4O4/c1-16(28)21(23(30)26-31)25-22(29)19-10-7-17(8-11-19)5-6-18-9-12-20(24-15-18)27-13-3-2-4-14-27/h7-12,15-16,21,28,31H,2-4,13-14H2,1H3,(H,25,29)(H,26,30)/t16-,21+/m1/s1. The predicted molar refractivity (Wildman–Crippen MR) is 116 cm³/mol. The molecular formula is C23H26N4O4. The number of rotatable bonds is 5. The highest BCUT2D eigenvalue weighted by molar-refractivity contribution is 5.97. The molecule has 1 aliphatic heterocycles. The summed E-state index contributed by atoms with van der Waals surface area (Å²) >= 11 is 0. The molecule has 8 nitrogen and oxygen atoms in total. The van der Waals surface area contributed by atoms with Crippen LogP contribution in [0, 0.1) is 11.8 Å². The molecule has 1 saturated heterocycles. The van der Waals surface area contributed by atoms with Gasteiger partial charge in [-0.2, -0.15) is 0 Å². The van der Waals surface area contributed by atoms with E-state index < -0.39 is 24.0 Å². The lowest BCUT2D eigenvalue weighted by Gasteiger charge is -2.27. The summed E-state index contributed by atoms with van der Waals surface area (Å²) in [6, 6.07) is 9.22. The van der Waals surface area contributed by atoms with Gasteiger partial charge in [-0.05, 0) is 62.6 Å². The fourth-order valence-electron chi connectivity index (χ4n) is 3.32. The average Bonchev–Trinajstić information content (AvgIpc) is 2.81. The Kier molecular flexibility index (Phi) is 7.60. The second-order valence-electron chi connectivity index (χ2n) is 7.45. The Morgan fingerprint density at radius 1 is 1.03 bits per heavy atom. The lowest BCUT2D eigenvalue weighted by Crippen LogP contribution is -2.51. The molecule has 2 atom stereocenters. The Labute approximate surface area is 181 Å². The van der Waals surface area contributed by atoms with Gasteiger partial charge in [-0.25, -0.2) is 10.5 Å². The first-order valence-corrected chi connectivity index (χ1v) is 10.2. The van der Waals surface area contributed by atoms with Gasteiger partial charge in [0.15, 0.2) is 0 Å². The van der Waals surface area contributed by atoms with E-state index >= 15 is 0 Å². The SMILES string of the molecule is C[C@@H](O)[C@H](NC(=O)c1ccc(C#Cc2ccc(N3CCCCC3)nc2)cc1)C(=O)NO. The van der Waals surface area contributed by atoms with Crippen molar-refractivity contribution in [2.45, 2.75) is 38.3 Å². The van der Waals surface area contributed by atoms with Crippen molar-refractivity contribution in [3.63, 3.8) is 0 Å². The highest BCUT2D eigenvalue weighted by atomic mass is 16.5. The van der Waals surface area contributed by atoms with E-state index in [1.807, 2.05) is 12.1 Å². The number of hydroxylamine groups is 1. The topological polar surface area (TPSA) is 115 Å². The van der Waals surface area contributed by atoms with Crippen molar-refractivity contribution in [3.8, 4) is 11.8 Å². The van der Waals surface area contributed by atoms with E-state index in [4.69, 9.17) is 5.21 Å². The number of aliphatic hydroxyl groups is 1. The van der Waals surface area contributed by atoms with E-state index in [0.29, 0.717) is 5.56 Å². The van der Waals surface area contributed by atoms with Gasteiger partial charge >= 0.3 is 0 Å². The normalized spacial score (nSPS) is 15.3. The van der Waals surface area contributed by atoms with Crippen molar-refractivity contribution >= 4 is 17.6 Å². The molecule has 1 aromatic carbocycles. The summed E-state index contributed by atoms with van der Waals surface area (Å²) in [7, 11) is 0. The van der Waals surface area contributed by atoms with Gasteiger partial charge in [0.1, 0.15) is 11.9 Å². The number of hydrogen-bond donors (Lipinski definition) is 4. The van der Waals surface area contributed by atoms with Crippen molar-refractivity contribution in [3.05, 3.63) is 59.3 Å². The second-order valence-corrected chi connectivity index (χ2v) is 7.45. The van der Waals surface area contributed by atoms with Crippen LogP contribution in [0.1, 0.15) is 47.7 Å². The maximum absolute atomic E-state index is 12.3. The number of aromatic nitrogens is 1. The number of nitrogens with one attached hydrogen (secondary N) is 2. The number of amides is 2. The lowest BCUT2D eigenvalue weighted by molar-refractivity contribution is -0.133. The summed E-state index contributed by atoms with van der Waals surface area (Å²) in [6.45, 7) is 3.42. The third kappa shape index (κ3) is 6.04. The first-order valence-electron chi connectivity index (χ1n) is 10.2. The van der Waals surface area contributed by atoms with Gasteiger partial charge in [0.25, 0.3) is 11.8 Å². The number of benzene rings is 1. The van der Waals surface area contributed by atoms with Crippen LogP contribution in [0.25, 0.3) is 0 Å². The highest BCUT2D eigenvalue weighted by Crippen LogP contribution is 2.17. The molecular weight excluding hydrogens is 396 g/mol. The molecule has 1 fully saturated rings. The van der Waals surface area contributed by atoms with Crippen LogP contribution in [-0.4, -0.2) is 52.3 Å². The predicted octanol–water partition coefficient (Wildman–Crippen LogP) is 1.46. The first kappa shape index (κ1) is 22.3. The Morgan fingerprint density at radius 3 is 2.26 bits per heavy atom. The minimum atomic E-state index is -1.27. The summed E-state index contributed by atoms with van der Waals surface area (Å²) < 4.78 is 0. The molecule has 0 saturated carbocycles. The summed E-state index contributed by atoms with van der Waals surface area (Å²) in [5, 5.41) is 20.7. The third-order valence-corrected chi connectivity index (χ3v) is 5.09. The maximum Gasteiger partial charge on any atom is 0.268 e. The molecule has 1 aliphatic rings. The minimum absolute atomic E-state index is 0.300. The van der Waals surface area contributed by atoms with E-state index in [-0.39, 0.29) is 0 Å². The first-order chi connectivity index (χ1) is 15.0. The number of pyridine rings is 1. The van der Waals surface area contributed by atoms with Crippen LogP contribution in [0.15, 0.2) is 42.6 Å². The summed E-state index contributed by atoms with van der Waals surface area (Å²) in [4.78, 5) is 30.6. The van der Waals surface area contributed by atoms with Crippen LogP contribution in [0.2, 0.25) is 0 Å². The highest BCUT2D eigenvalue weighted by Gasteiger charge is 2.25. The van der Waals surface area contributed by atoms with Gasteiger partial charge in [0.05, 0.1) is 6.10 Å². The Balaban J connectivity index is 1.62. The van der Waals surface area contributed by atoms with Gasteiger partial charge in [-0.3, -0.25) is 14.8 Å². The number of piperidine rings is 1. The van der Waals surface area contributed by atoms with E-state index in [2.05, 4.69) is 27.0 Å². The quantitative estimate of drug-likeness (QED) is 0.329. The number of carbonyl (C=O) groups excluding carboxylic acids is 2. The molecule has 0 unspecified atom stereocenters. The fourth-order valence-corrected chi connectivity index (χ4v) is 3.32. The molecule has 0 spiro atoms. The number of hydrogen-bond acceptors (Lipinski definition) is 6. The zero-order valence-corrected chi connectivity index (χ0v) is 17.3. The monoisotopic (exact) mass is 422 g/mol. The molecule has 8 heteroatoms. The van der Waals surface area contributed by atoms with Crippen LogP contribution in [0.4, 0.5) is 5.82 Å². The smallest absolute Gasteiger partial charge is 0.268 e. The van der Waals surface area contributed by atoms with Crippen LogP contribution >= 0.6 is 0 Å². The average molecular weight is 422 g/mol. The minimum Gasteiger partial charge on any atom is -0.391 e. The van der Waals surface area contributed by atoms with E-state index in [1.54, 1.807) is 30.5 Å². The maximum atomic E-state index is 12.3. The van der Waals surface area contributed by atoms with Crippen molar-refractivity contribution in [2.24, 2.45) is 0 Å². The van der Waals surface area contributed by atoms with Crippen molar-refractivity contribution < 1.29 is 19.9 Å². The van der Waals surface area contributed by atoms with E-state index in [1.165, 1.54) is 31.7 Å². The Bertz CT molecular complexity index is 956. The van der Waals surface area contributed by atoms with Crippen LogP contribution in [0.3, 0.4) is 0 Å². The van der Waals surface area contributed by atoms with E-state index in [9.17, 15) is 14.7 Å². The third-order valence-electron chi connectivity index (χ3n) is 5.09. The molecule has 0 radical (unpaired) electrons. The van der Waals surface area contributed by atoms with Gasteiger partial charge in [-0.1, -0.05) is 11.8 Å². The van der Waals surface area contributed by atoms with E-state index in [0.717, 1.165) is 30.0 Å². The second kappa shape index (κ2) is 10.6. The molecule has 2 amide bonds. The molecule has 2 heterocycles. The fraction of sp³-hybridized carbons (Fsp3) is 0.348. The van der Waals surface area contributed by atoms with Crippen molar-refractivity contribution in [1.82, 2.24) is 15.8 Å². The van der Waals surface area contributed by atoms with Crippen LogP contribution in [0.5, 0.6) is 0 Å². The molecule has 162 valence electrons. The van der Waals surface area contributed by atoms with Gasteiger partial charge < -0.3 is 15.3 Å². The van der Waals surface area contributed by atoms with Gasteiger partial charge in [-0.15, -0.1) is 0 Å². The van der Waals surface area contributed by atoms with Gasteiger partial charge in [0.2, 0.25) is 0 Å². The van der Waals surface area contributed by atoms with Crippen LogP contribution in [-0.2, 0) is 4.79 Å². The zero-order valence-electron chi connectivity index (χ0n) is 17.3. The molecule has 31 heavy (non-hydrogen) atoms. The molecule has 3 rings (SSSR count). The van der Waals surface area contributed by atoms with Crippen LogP contribution < -0.4 is 15.7 Å². The lowest BCUT2D eigenvalue weighted by atomic mass is 10.1. The summed E-state index contributed by atoms with van der Waals surface area (Å²) in [5.41, 5.74) is 3.25. The molecule has 4 N–H and O–H groups in total. The zero-order chi connectivity index (χ0) is 22.2.